The topological polar surface area (TPSA) is 64.9 Å². The van der Waals surface area contributed by atoms with E-state index in [0.29, 0.717) is 11.8 Å². The monoisotopic (exact) mass is 271 g/mol. The molecule has 5 heteroatoms. The van der Waals surface area contributed by atoms with Gasteiger partial charge in [-0.1, -0.05) is 30.0 Å². The zero-order chi connectivity index (χ0) is 13.1. The third kappa shape index (κ3) is 2.62. The third-order valence-corrected chi connectivity index (χ3v) is 3.91. The predicted octanol–water partition coefficient (Wildman–Crippen LogP) is 3.01. The summed E-state index contributed by atoms with van der Waals surface area (Å²) in [5.74, 6) is 0. The van der Waals surface area contributed by atoms with Crippen molar-refractivity contribution < 1.29 is 4.42 Å². The highest BCUT2D eigenvalue weighted by molar-refractivity contribution is 7.99. The number of thioether (sulfide) groups is 1. The Morgan fingerprint density at radius 2 is 2.11 bits per heavy atom. The zero-order valence-corrected chi connectivity index (χ0v) is 11.0. The first-order chi connectivity index (χ1) is 9.36. The van der Waals surface area contributed by atoms with Crippen LogP contribution in [0.15, 0.2) is 58.4 Å². The van der Waals surface area contributed by atoms with Crippen LogP contribution < -0.4 is 5.73 Å². The van der Waals surface area contributed by atoms with Crippen LogP contribution in [0.2, 0.25) is 0 Å². The smallest absolute Gasteiger partial charge is 0.257 e. The van der Waals surface area contributed by atoms with Crippen molar-refractivity contribution in [3.63, 3.8) is 0 Å². The molecule has 0 aliphatic rings. The Labute approximate surface area is 115 Å². The summed E-state index contributed by atoms with van der Waals surface area (Å²) in [7, 11) is 0. The van der Waals surface area contributed by atoms with Crippen molar-refractivity contribution in [2.75, 3.05) is 6.54 Å². The molecule has 96 valence electrons. The van der Waals surface area contributed by atoms with Crippen molar-refractivity contribution in [3.05, 3.63) is 54.4 Å². The first-order valence-corrected chi connectivity index (χ1v) is 6.87. The molecule has 1 aromatic carbocycles. The molecule has 19 heavy (non-hydrogen) atoms. The molecule has 3 aromatic rings. The van der Waals surface area contributed by atoms with Crippen molar-refractivity contribution in [1.29, 1.82) is 0 Å². The average molecular weight is 271 g/mol. The van der Waals surface area contributed by atoms with Gasteiger partial charge in [0.15, 0.2) is 5.58 Å². The van der Waals surface area contributed by atoms with Crippen LogP contribution in [-0.4, -0.2) is 16.5 Å². The van der Waals surface area contributed by atoms with E-state index in [4.69, 9.17) is 10.2 Å². The summed E-state index contributed by atoms with van der Waals surface area (Å²) in [5.41, 5.74) is 8.58. The standard InChI is InChI=1S/C14H13N3OS/c15-8-13(10-4-3-7-16-9-10)19-14-17-11-5-1-2-6-12(11)18-14/h1-7,9,13H,8,15H2. The number of hydrogen-bond donors (Lipinski definition) is 1. The van der Waals surface area contributed by atoms with Crippen molar-refractivity contribution in [2.24, 2.45) is 5.73 Å². The number of fused-ring (bicyclic) bond motifs is 1. The molecule has 0 radical (unpaired) electrons. The molecule has 0 spiro atoms. The fourth-order valence-electron chi connectivity index (χ4n) is 1.84. The molecule has 0 aliphatic carbocycles. The van der Waals surface area contributed by atoms with Crippen LogP contribution in [0.3, 0.4) is 0 Å². The van der Waals surface area contributed by atoms with E-state index >= 15 is 0 Å². The van der Waals surface area contributed by atoms with Crippen LogP contribution in [0, 0.1) is 0 Å². The second kappa shape index (κ2) is 5.42. The SMILES string of the molecule is NCC(Sc1nc2ccccc2o1)c1cccnc1. The molecule has 1 atom stereocenters. The highest BCUT2D eigenvalue weighted by Gasteiger charge is 2.15. The van der Waals surface area contributed by atoms with Gasteiger partial charge in [0.05, 0.1) is 5.25 Å². The second-order valence-corrected chi connectivity index (χ2v) is 5.23. The lowest BCUT2D eigenvalue weighted by Crippen LogP contribution is -2.09. The summed E-state index contributed by atoms with van der Waals surface area (Å²) in [4.78, 5) is 8.56. The number of aromatic nitrogens is 2. The van der Waals surface area contributed by atoms with Crippen molar-refractivity contribution in [1.82, 2.24) is 9.97 Å². The van der Waals surface area contributed by atoms with E-state index in [1.165, 1.54) is 11.8 Å². The van der Waals surface area contributed by atoms with Crippen molar-refractivity contribution >= 4 is 22.9 Å². The number of nitrogens with zero attached hydrogens (tertiary/aromatic N) is 2. The molecular formula is C14H13N3OS. The summed E-state index contributed by atoms with van der Waals surface area (Å²) in [6.07, 6.45) is 3.58. The molecular weight excluding hydrogens is 258 g/mol. The van der Waals surface area contributed by atoms with Crippen LogP contribution in [0.4, 0.5) is 0 Å². The van der Waals surface area contributed by atoms with Crippen molar-refractivity contribution in [2.45, 2.75) is 10.5 Å². The molecule has 2 aromatic heterocycles. The minimum atomic E-state index is 0.0989. The summed E-state index contributed by atoms with van der Waals surface area (Å²) < 4.78 is 5.70. The summed E-state index contributed by atoms with van der Waals surface area (Å²) in [5, 5.41) is 0.738. The lowest BCUT2D eigenvalue weighted by atomic mass is 10.2. The Morgan fingerprint density at radius 1 is 1.21 bits per heavy atom. The average Bonchev–Trinajstić information content (AvgIpc) is 2.88. The molecule has 4 nitrogen and oxygen atoms in total. The lowest BCUT2D eigenvalue weighted by Gasteiger charge is -2.11. The molecule has 0 aliphatic heterocycles. The molecule has 0 bridgehead atoms. The number of rotatable bonds is 4. The highest BCUT2D eigenvalue weighted by Crippen LogP contribution is 2.34. The van der Waals surface area contributed by atoms with E-state index in [0.717, 1.165) is 16.7 Å². The maximum absolute atomic E-state index is 5.83. The summed E-state index contributed by atoms with van der Waals surface area (Å²) >= 11 is 1.52. The van der Waals surface area contributed by atoms with Gasteiger partial charge in [-0.25, -0.2) is 4.98 Å². The normalized spacial score (nSPS) is 12.7. The van der Waals surface area contributed by atoms with Gasteiger partial charge in [0.25, 0.3) is 5.22 Å². The van der Waals surface area contributed by atoms with Gasteiger partial charge in [0, 0.05) is 18.9 Å². The third-order valence-electron chi connectivity index (χ3n) is 2.79. The molecule has 0 amide bonds. The maximum Gasteiger partial charge on any atom is 0.257 e. The zero-order valence-electron chi connectivity index (χ0n) is 10.2. The Hall–Kier alpha value is -1.85. The van der Waals surface area contributed by atoms with Gasteiger partial charge >= 0.3 is 0 Å². The van der Waals surface area contributed by atoms with Gasteiger partial charge in [-0.05, 0) is 23.8 Å². The largest absolute Gasteiger partial charge is 0.431 e. The molecule has 2 N–H and O–H groups in total. The molecule has 0 saturated carbocycles. The van der Waals surface area contributed by atoms with Crippen LogP contribution >= 0.6 is 11.8 Å². The quantitative estimate of drug-likeness (QED) is 0.739. The van der Waals surface area contributed by atoms with E-state index < -0.39 is 0 Å². The van der Waals surface area contributed by atoms with E-state index in [1.54, 1.807) is 6.20 Å². The lowest BCUT2D eigenvalue weighted by molar-refractivity contribution is 0.488. The fraction of sp³-hybridized carbons (Fsp3) is 0.143. The molecule has 0 fully saturated rings. The number of para-hydroxylation sites is 2. The van der Waals surface area contributed by atoms with Crippen molar-refractivity contribution in [3.8, 4) is 0 Å². The van der Waals surface area contributed by atoms with E-state index in [2.05, 4.69) is 9.97 Å². The predicted molar refractivity (Wildman–Crippen MR) is 75.9 cm³/mol. The maximum atomic E-state index is 5.83. The van der Waals surface area contributed by atoms with Gasteiger partial charge in [-0.3, -0.25) is 4.98 Å². The number of oxazole rings is 1. The Kier molecular flexibility index (Phi) is 3.48. The van der Waals surface area contributed by atoms with Gasteiger partial charge in [0.2, 0.25) is 0 Å². The Balaban J connectivity index is 1.86. The molecule has 1 unspecified atom stereocenters. The summed E-state index contributed by atoms with van der Waals surface area (Å²) in [6.45, 7) is 0.509. The van der Waals surface area contributed by atoms with Gasteiger partial charge < -0.3 is 10.2 Å². The van der Waals surface area contributed by atoms with Crippen LogP contribution in [0.1, 0.15) is 10.8 Å². The fourth-order valence-corrected chi connectivity index (χ4v) is 2.75. The number of benzene rings is 1. The minimum absolute atomic E-state index is 0.0989. The van der Waals surface area contributed by atoms with Gasteiger partial charge in [0.1, 0.15) is 5.52 Å². The molecule has 3 rings (SSSR count). The minimum Gasteiger partial charge on any atom is -0.431 e. The van der Waals surface area contributed by atoms with E-state index in [-0.39, 0.29) is 5.25 Å². The van der Waals surface area contributed by atoms with E-state index in [1.807, 2.05) is 42.6 Å². The Bertz CT molecular complexity index is 636. The first-order valence-electron chi connectivity index (χ1n) is 5.99. The number of hydrogen-bond acceptors (Lipinski definition) is 5. The summed E-state index contributed by atoms with van der Waals surface area (Å²) in [6, 6.07) is 11.6. The van der Waals surface area contributed by atoms with Crippen LogP contribution in [-0.2, 0) is 0 Å². The number of pyridine rings is 1. The highest BCUT2D eigenvalue weighted by atomic mass is 32.2. The Morgan fingerprint density at radius 3 is 2.84 bits per heavy atom. The second-order valence-electron chi connectivity index (χ2n) is 4.08. The van der Waals surface area contributed by atoms with Gasteiger partial charge in [-0.2, -0.15) is 0 Å². The van der Waals surface area contributed by atoms with Crippen LogP contribution in [0.5, 0.6) is 0 Å². The molecule has 0 saturated heterocycles. The van der Waals surface area contributed by atoms with Crippen LogP contribution in [0.25, 0.3) is 11.1 Å². The first kappa shape index (κ1) is 12.2. The van der Waals surface area contributed by atoms with E-state index in [9.17, 15) is 0 Å². The molecule has 2 heterocycles. The number of nitrogens with two attached hydrogens (primary N) is 1. The van der Waals surface area contributed by atoms with Gasteiger partial charge in [-0.15, -0.1) is 0 Å².